The van der Waals surface area contributed by atoms with Crippen molar-refractivity contribution in [3.63, 3.8) is 0 Å². The number of halogens is 1. The highest BCUT2D eigenvalue weighted by Gasteiger charge is 2.15. The molecule has 0 saturated carbocycles. The molecule has 0 atom stereocenters. The Morgan fingerprint density at radius 3 is 3.00 bits per heavy atom. The van der Waals surface area contributed by atoms with Crippen LogP contribution in [0.2, 0.25) is 5.02 Å². The predicted molar refractivity (Wildman–Crippen MR) is 104 cm³/mol. The van der Waals surface area contributed by atoms with Gasteiger partial charge in [-0.1, -0.05) is 17.7 Å². The Labute approximate surface area is 164 Å². The highest BCUT2D eigenvalue weighted by molar-refractivity contribution is 7.14. The molecule has 0 bridgehead atoms. The van der Waals surface area contributed by atoms with E-state index in [1.165, 1.54) is 11.3 Å². The van der Waals surface area contributed by atoms with Crippen LogP contribution in [0.5, 0.6) is 17.2 Å². The van der Waals surface area contributed by atoms with Crippen molar-refractivity contribution < 1.29 is 19.0 Å². The van der Waals surface area contributed by atoms with Gasteiger partial charge in [-0.15, -0.1) is 11.3 Å². The zero-order valence-corrected chi connectivity index (χ0v) is 15.9. The van der Waals surface area contributed by atoms with Crippen LogP contribution in [0.1, 0.15) is 5.56 Å². The molecule has 2 aromatic carbocycles. The standard InChI is InChI=1S/C19H15ClN2O4S/c1-11-2-4-13(20)16(6-11)24-8-18(23)22-19-21-14(9-27-19)12-3-5-15-17(7-12)26-10-25-15/h2-7,9H,8,10H2,1H3,(H,21,22,23). The van der Waals surface area contributed by atoms with Gasteiger partial charge < -0.3 is 14.2 Å². The van der Waals surface area contributed by atoms with Crippen molar-refractivity contribution in [2.45, 2.75) is 6.92 Å². The summed E-state index contributed by atoms with van der Waals surface area (Å²) in [5.41, 5.74) is 2.64. The van der Waals surface area contributed by atoms with Crippen LogP contribution in [0, 0.1) is 6.92 Å². The Hall–Kier alpha value is -2.77. The number of ether oxygens (including phenoxy) is 3. The van der Waals surface area contributed by atoms with Crippen LogP contribution in [0.3, 0.4) is 0 Å². The van der Waals surface area contributed by atoms with Gasteiger partial charge in [0.2, 0.25) is 6.79 Å². The molecule has 1 aliphatic rings. The number of nitrogens with one attached hydrogen (secondary N) is 1. The smallest absolute Gasteiger partial charge is 0.264 e. The van der Waals surface area contributed by atoms with Crippen LogP contribution < -0.4 is 19.5 Å². The number of carbonyl (C=O) groups excluding carboxylic acids is 1. The maximum absolute atomic E-state index is 12.1. The van der Waals surface area contributed by atoms with Crippen LogP contribution in [0.25, 0.3) is 11.3 Å². The molecule has 6 nitrogen and oxygen atoms in total. The molecule has 1 N–H and O–H groups in total. The number of fused-ring (bicyclic) bond motifs is 1. The monoisotopic (exact) mass is 402 g/mol. The van der Waals surface area contributed by atoms with Crippen LogP contribution in [-0.2, 0) is 4.79 Å². The molecule has 4 rings (SSSR count). The quantitative estimate of drug-likeness (QED) is 0.679. The van der Waals surface area contributed by atoms with E-state index in [0.717, 1.165) is 22.6 Å². The topological polar surface area (TPSA) is 69.7 Å². The molecule has 0 fully saturated rings. The summed E-state index contributed by atoms with van der Waals surface area (Å²) in [6.45, 7) is 2.00. The number of thiazole rings is 1. The summed E-state index contributed by atoms with van der Waals surface area (Å²) in [6.07, 6.45) is 0. The SMILES string of the molecule is Cc1ccc(Cl)c(OCC(=O)Nc2nc(-c3ccc4c(c3)OCO4)cs2)c1. The van der Waals surface area contributed by atoms with Crippen molar-refractivity contribution in [2.24, 2.45) is 0 Å². The lowest BCUT2D eigenvalue weighted by atomic mass is 10.1. The molecule has 8 heteroatoms. The molecular weight excluding hydrogens is 388 g/mol. The Bertz CT molecular complexity index is 1010. The van der Waals surface area contributed by atoms with E-state index in [0.29, 0.717) is 21.7 Å². The number of hydrogen-bond acceptors (Lipinski definition) is 6. The first kappa shape index (κ1) is 17.6. The average Bonchev–Trinajstić information content (AvgIpc) is 3.31. The maximum Gasteiger partial charge on any atom is 0.264 e. The molecule has 27 heavy (non-hydrogen) atoms. The van der Waals surface area contributed by atoms with Gasteiger partial charge in [-0.25, -0.2) is 4.98 Å². The van der Waals surface area contributed by atoms with E-state index in [4.69, 9.17) is 25.8 Å². The molecule has 3 aromatic rings. The summed E-state index contributed by atoms with van der Waals surface area (Å²) in [5, 5.41) is 5.56. The van der Waals surface area contributed by atoms with Crippen LogP contribution in [0.15, 0.2) is 41.8 Å². The molecular formula is C19H15ClN2O4S. The summed E-state index contributed by atoms with van der Waals surface area (Å²) in [6, 6.07) is 11.0. The zero-order valence-electron chi connectivity index (χ0n) is 14.3. The van der Waals surface area contributed by atoms with Gasteiger partial charge in [0, 0.05) is 10.9 Å². The lowest BCUT2D eigenvalue weighted by molar-refractivity contribution is -0.118. The summed E-state index contributed by atoms with van der Waals surface area (Å²) in [7, 11) is 0. The Morgan fingerprint density at radius 2 is 2.11 bits per heavy atom. The molecule has 1 amide bonds. The van der Waals surface area contributed by atoms with Crippen molar-refractivity contribution >= 4 is 34.0 Å². The van der Waals surface area contributed by atoms with E-state index in [1.54, 1.807) is 12.1 Å². The van der Waals surface area contributed by atoms with Gasteiger partial charge in [0.1, 0.15) is 5.75 Å². The molecule has 0 aliphatic carbocycles. The maximum atomic E-state index is 12.1. The number of aromatic nitrogens is 1. The van der Waals surface area contributed by atoms with Crippen molar-refractivity contribution in [3.8, 4) is 28.5 Å². The van der Waals surface area contributed by atoms with Gasteiger partial charge in [0.25, 0.3) is 5.91 Å². The number of anilines is 1. The summed E-state index contributed by atoms with van der Waals surface area (Å²) >= 11 is 7.40. The molecule has 0 unspecified atom stereocenters. The molecule has 0 saturated heterocycles. The Kier molecular flexibility index (Phi) is 4.87. The minimum Gasteiger partial charge on any atom is -0.482 e. The van der Waals surface area contributed by atoms with Crippen molar-refractivity contribution in [2.75, 3.05) is 18.7 Å². The number of benzene rings is 2. The lowest BCUT2D eigenvalue weighted by Crippen LogP contribution is -2.20. The van der Waals surface area contributed by atoms with Gasteiger partial charge in [0.05, 0.1) is 10.7 Å². The van der Waals surface area contributed by atoms with Crippen molar-refractivity contribution in [3.05, 3.63) is 52.4 Å². The summed E-state index contributed by atoms with van der Waals surface area (Å²) in [5.74, 6) is 1.58. The molecule has 138 valence electrons. The first-order chi connectivity index (χ1) is 13.1. The van der Waals surface area contributed by atoms with E-state index in [1.807, 2.05) is 36.6 Å². The summed E-state index contributed by atoms with van der Waals surface area (Å²) < 4.78 is 16.2. The van der Waals surface area contributed by atoms with Crippen molar-refractivity contribution in [1.82, 2.24) is 4.98 Å². The highest BCUT2D eigenvalue weighted by atomic mass is 35.5. The minimum atomic E-state index is -0.306. The third-order valence-corrected chi connectivity index (χ3v) is 4.93. The van der Waals surface area contributed by atoms with Crippen LogP contribution in [0.4, 0.5) is 5.13 Å². The second-order valence-electron chi connectivity index (χ2n) is 5.88. The number of hydrogen-bond donors (Lipinski definition) is 1. The lowest BCUT2D eigenvalue weighted by Gasteiger charge is -2.08. The Balaban J connectivity index is 1.39. The first-order valence-electron chi connectivity index (χ1n) is 8.13. The number of nitrogens with zero attached hydrogens (tertiary/aromatic N) is 1. The number of rotatable bonds is 5. The number of aryl methyl sites for hydroxylation is 1. The third kappa shape index (κ3) is 3.99. The second-order valence-corrected chi connectivity index (χ2v) is 7.14. The highest BCUT2D eigenvalue weighted by Crippen LogP contribution is 2.36. The number of carbonyl (C=O) groups is 1. The zero-order chi connectivity index (χ0) is 18.8. The van der Waals surface area contributed by atoms with E-state index in [9.17, 15) is 4.79 Å². The predicted octanol–water partition coefficient (Wildman–Crippen LogP) is 4.52. The van der Waals surface area contributed by atoms with E-state index in [2.05, 4.69) is 10.3 Å². The second kappa shape index (κ2) is 7.46. The molecule has 2 heterocycles. The van der Waals surface area contributed by atoms with E-state index >= 15 is 0 Å². The fourth-order valence-electron chi connectivity index (χ4n) is 2.54. The number of amides is 1. The minimum absolute atomic E-state index is 0.151. The molecule has 0 spiro atoms. The van der Waals surface area contributed by atoms with Crippen LogP contribution in [-0.4, -0.2) is 24.3 Å². The van der Waals surface area contributed by atoms with E-state index in [-0.39, 0.29) is 19.3 Å². The van der Waals surface area contributed by atoms with Crippen molar-refractivity contribution in [1.29, 1.82) is 0 Å². The molecule has 1 aliphatic heterocycles. The van der Waals surface area contributed by atoms with Gasteiger partial charge in [-0.3, -0.25) is 10.1 Å². The van der Waals surface area contributed by atoms with Gasteiger partial charge in [0.15, 0.2) is 23.2 Å². The fourth-order valence-corrected chi connectivity index (χ4v) is 3.45. The Morgan fingerprint density at radius 1 is 1.26 bits per heavy atom. The normalized spacial score (nSPS) is 12.1. The summed E-state index contributed by atoms with van der Waals surface area (Å²) in [4.78, 5) is 16.6. The first-order valence-corrected chi connectivity index (χ1v) is 9.38. The van der Waals surface area contributed by atoms with Gasteiger partial charge in [-0.2, -0.15) is 0 Å². The van der Waals surface area contributed by atoms with Gasteiger partial charge in [-0.05, 0) is 42.8 Å². The largest absolute Gasteiger partial charge is 0.482 e. The average molecular weight is 403 g/mol. The van der Waals surface area contributed by atoms with Gasteiger partial charge >= 0.3 is 0 Å². The fraction of sp³-hybridized carbons (Fsp3) is 0.158. The van der Waals surface area contributed by atoms with Crippen LogP contribution >= 0.6 is 22.9 Å². The molecule has 0 radical (unpaired) electrons. The third-order valence-electron chi connectivity index (χ3n) is 3.86. The molecule has 1 aromatic heterocycles. The van der Waals surface area contributed by atoms with E-state index < -0.39 is 0 Å².